The summed E-state index contributed by atoms with van der Waals surface area (Å²) in [7, 11) is 0. The third-order valence-corrected chi connectivity index (χ3v) is 3.94. The molecule has 0 unspecified atom stereocenters. The van der Waals surface area contributed by atoms with E-state index in [4.69, 9.17) is 0 Å². The molecule has 1 aliphatic carbocycles. The standard InChI is InChI=1S/C18H21N3O/c1-13(20-12-17-4-2-3-11-19-17)14-7-9-16(10-8-14)21-18(22)15-5-6-15/h2-4,7-11,13,15,20H,5-6,12H2,1H3,(H,21,22)/t13-/m1/s1. The molecule has 1 aromatic heterocycles. The topological polar surface area (TPSA) is 54.0 Å². The Labute approximate surface area is 131 Å². The van der Waals surface area contributed by atoms with Crippen molar-refractivity contribution < 1.29 is 4.79 Å². The van der Waals surface area contributed by atoms with Gasteiger partial charge in [-0.15, -0.1) is 0 Å². The zero-order valence-corrected chi connectivity index (χ0v) is 12.8. The SMILES string of the molecule is C[C@@H](NCc1ccccn1)c1ccc(NC(=O)C2CC2)cc1. The summed E-state index contributed by atoms with van der Waals surface area (Å²) in [5.41, 5.74) is 3.10. The van der Waals surface area contributed by atoms with Crippen LogP contribution in [-0.4, -0.2) is 10.9 Å². The molecule has 2 N–H and O–H groups in total. The molecule has 2 aromatic rings. The highest BCUT2D eigenvalue weighted by Crippen LogP contribution is 2.30. The second-order valence-electron chi connectivity index (χ2n) is 5.81. The number of amides is 1. The Balaban J connectivity index is 1.53. The first-order valence-electron chi connectivity index (χ1n) is 7.76. The van der Waals surface area contributed by atoms with E-state index in [0.717, 1.165) is 30.8 Å². The minimum Gasteiger partial charge on any atom is -0.326 e. The van der Waals surface area contributed by atoms with E-state index in [2.05, 4.69) is 34.7 Å². The summed E-state index contributed by atoms with van der Waals surface area (Å²) in [6.07, 6.45) is 3.86. The smallest absolute Gasteiger partial charge is 0.227 e. The zero-order valence-electron chi connectivity index (χ0n) is 12.8. The predicted molar refractivity (Wildman–Crippen MR) is 87.3 cm³/mol. The summed E-state index contributed by atoms with van der Waals surface area (Å²) in [6.45, 7) is 2.86. The van der Waals surface area contributed by atoms with Gasteiger partial charge in [0, 0.05) is 30.4 Å². The van der Waals surface area contributed by atoms with Crippen molar-refractivity contribution in [1.82, 2.24) is 10.3 Å². The number of hydrogen-bond acceptors (Lipinski definition) is 3. The number of anilines is 1. The van der Waals surface area contributed by atoms with Gasteiger partial charge in [-0.25, -0.2) is 0 Å². The number of carbonyl (C=O) groups is 1. The average molecular weight is 295 g/mol. The van der Waals surface area contributed by atoms with Crippen LogP contribution in [0.15, 0.2) is 48.7 Å². The van der Waals surface area contributed by atoms with E-state index in [-0.39, 0.29) is 17.9 Å². The second kappa shape index (κ2) is 6.71. The van der Waals surface area contributed by atoms with Gasteiger partial charge in [-0.05, 0) is 49.6 Å². The van der Waals surface area contributed by atoms with Crippen molar-refractivity contribution in [1.29, 1.82) is 0 Å². The number of benzene rings is 1. The van der Waals surface area contributed by atoms with Crippen LogP contribution in [0.1, 0.15) is 37.1 Å². The van der Waals surface area contributed by atoms with Crippen molar-refractivity contribution in [2.75, 3.05) is 5.32 Å². The highest BCUT2D eigenvalue weighted by Gasteiger charge is 2.29. The lowest BCUT2D eigenvalue weighted by Crippen LogP contribution is -2.19. The molecule has 1 aromatic carbocycles. The molecule has 1 atom stereocenters. The van der Waals surface area contributed by atoms with Crippen LogP contribution in [0.2, 0.25) is 0 Å². The average Bonchev–Trinajstić information content (AvgIpc) is 3.39. The Hall–Kier alpha value is -2.20. The van der Waals surface area contributed by atoms with Gasteiger partial charge in [-0.2, -0.15) is 0 Å². The molecule has 0 radical (unpaired) electrons. The molecular formula is C18H21N3O. The van der Waals surface area contributed by atoms with Gasteiger partial charge in [-0.1, -0.05) is 18.2 Å². The summed E-state index contributed by atoms with van der Waals surface area (Å²) < 4.78 is 0. The van der Waals surface area contributed by atoms with Gasteiger partial charge in [0.1, 0.15) is 0 Å². The summed E-state index contributed by atoms with van der Waals surface area (Å²) in [5, 5.41) is 6.41. The quantitative estimate of drug-likeness (QED) is 0.860. The van der Waals surface area contributed by atoms with Gasteiger partial charge >= 0.3 is 0 Å². The maximum Gasteiger partial charge on any atom is 0.227 e. The van der Waals surface area contributed by atoms with Crippen LogP contribution < -0.4 is 10.6 Å². The molecule has 1 saturated carbocycles. The molecule has 0 bridgehead atoms. The summed E-state index contributed by atoms with van der Waals surface area (Å²) in [6, 6.07) is 14.2. The lowest BCUT2D eigenvalue weighted by Gasteiger charge is -2.14. The highest BCUT2D eigenvalue weighted by atomic mass is 16.2. The lowest BCUT2D eigenvalue weighted by atomic mass is 10.1. The van der Waals surface area contributed by atoms with E-state index in [1.807, 2.05) is 30.3 Å². The van der Waals surface area contributed by atoms with Crippen LogP contribution in [-0.2, 0) is 11.3 Å². The molecule has 4 heteroatoms. The molecule has 1 heterocycles. The largest absolute Gasteiger partial charge is 0.326 e. The number of hydrogen-bond donors (Lipinski definition) is 2. The number of pyridine rings is 1. The highest BCUT2D eigenvalue weighted by molar-refractivity contribution is 5.93. The fourth-order valence-corrected chi connectivity index (χ4v) is 2.32. The second-order valence-corrected chi connectivity index (χ2v) is 5.81. The molecule has 4 nitrogen and oxygen atoms in total. The molecular weight excluding hydrogens is 274 g/mol. The number of nitrogens with one attached hydrogen (secondary N) is 2. The van der Waals surface area contributed by atoms with Crippen molar-refractivity contribution in [3.8, 4) is 0 Å². The van der Waals surface area contributed by atoms with Gasteiger partial charge in [0.15, 0.2) is 0 Å². The van der Waals surface area contributed by atoms with E-state index in [0.29, 0.717) is 0 Å². The van der Waals surface area contributed by atoms with Crippen LogP contribution in [0.5, 0.6) is 0 Å². The van der Waals surface area contributed by atoms with Gasteiger partial charge in [0.25, 0.3) is 0 Å². The Morgan fingerprint density at radius 2 is 2.00 bits per heavy atom. The Morgan fingerprint density at radius 1 is 1.23 bits per heavy atom. The van der Waals surface area contributed by atoms with Crippen molar-refractivity contribution in [3.05, 3.63) is 59.9 Å². The molecule has 1 amide bonds. The van der Waals surface area contributed by atoms with E-state index < -0.39 is 0 Å². The number of nitrogens with zero attached hydrogens (tertiary/aromatic N) is 1. The predicted octanol–water partition coefficient (Wildman–Crippen LogP) is 3.28. The molecule has 0 saturated heterocycles. The molecule has 0 aliphatic heterocycles. The molecule has 1 aliphatic rings. The first-order valence-corrected chi connectivity index (χ1v) is 7.76. The fraction of sp³-hybridized carbons (Fsp3) is 0.333. The van der Waals surface area contributed by atoms with Gasteiger partial charge in [0.05, 0.1) is 5.69 Å². The molecule has 3 rings (SSSR count). The first kappa shape index (κ1) is 14.7. The number of carbonyl (C=O) groups excluding carboxylic acids is 1. The van der Waals surface area contributed by atoms with E-state index in [1.54, 1.807) is 6.20 Å². The molecule has 1 fully saturated rings. The lowest BCUT2D eigenvalue weighted by molar-refractivity contribution is -0.117. The van der Waals surface area contributed by atoms with Crippen molar-refractivity contribution in [3.63, 3.8) is 0 Å². The summed E-state index contributed by atoms with van der Waals surface area (Å²) in [4.78, 5) is 16.0. The monoisotopic (exact) mass is 295 g/mol. The van der Waals surface area contributed by atoms with Gasteiger partial charge < -0.3 is 10.6 Å². The maximum atomic E-state index is 11.7. The van der Waals surface area contributed by atoms with Crippen molar-refractivity contribution >= 4 is 11.6 Å². The molecule has 22 heavy (non-hydrogen) atoms. The van der Waals surface area contributed by atoms with E-state index >= 15 is 0 Å². The minimum absolute atomic E-state index is 0.147. The van der Waals surface area contributed by atoms with Crippen molar-refractivity contribution in [2.24, 2.45) is 5.92 Å². The maximum absolute atomic E-state index is 11.7. The summed E-state index contributed by atoms with van der Waals surface area (Å²) in [5.74, 6) is 0.382. The van der Waals surface area contributed by atoms with Gasteiger partial charge in [-0.3, -0.25) is 9.78 Å². The van der Waals surface area contributed by atoms with E-state index in [9.17, 15) is 4.79 Å². The third kappa shape index (κ3) is 3.92. The van der Waals surface area contributed by atoms with Crippen molar-refractivity contribution in [2.45, 2.75) is 32.4 Å². The van der Waals surface area contributed by atoms with Crippen LogP contribution >= 0.6 is 0 Å². The van der Waals surface area contributed by atoms with Crippen LogP contribution in [0, 0.1) is 5.92 Å². The Kier molecular flexibility index (Phi) is 4.49. The van der Waals surface area contributed by atoms with E-state index in [1.165, 1.54) is 5.56 Å². The number of aromatic nitrogens is 1. The third-order valence-electron chi connectivity index (χ3n) is 3.94. The number of rotatable bonds is 6. The zero-order chi connectivity index (χ0) is 15.4. The first-order chi connectivity index (χ1) is 10.7. The summed E-state index contributed by atoms with van der Waals surface area (Å²) >= 11 is 0. The van der Waals surface area contributed by atoms with Crippen LogP contribution in [0.3, 0.4) is 0 Å². The van der Waals surface area contributed by atoms with Gasteiger partial charge in [0.2, 0.25) is 5.91 Å². The van der Waals surface area contributed by atoms with Crippen LogP contribution in [0.4, 0.5) is 5.69 Å². The molecule has 0 spiro atoms. The Morgan fingerprint density at radius 3 is 2.64 bits per heavy atom. The fourth-order valence-electron chi connectivity index (χ4n) is 2.32. The molecule has 114 valence electrons. The minimum atomic E-state index is 0.147. The normalized spacial score (nSPS) is 15.3. The van der Waals surface area contributed by atoms with Crippen LogP contribution in [0.25, 0.3) is 0 Å². The Bertz CT molecular complexity index is 621.